The second-order valence-electron chi connectivity index (χ2n) is 2.85. The van der Waals surface area contributed by atoms with E-state index in [1.807, 2.05) is 12.3 Å². The number of hydrogen-bond donors (Lipinski definition) is 2. The summed E-state index contributed by atoms with van der Waals surface area (Å²) >= 11 is 1.42. The molecule has 0 amide bonds. The minimum absolute atomic E-state index is 0.0601. The maximum absolute atomic E-state index is 9.55. The molecule has 0 aliphatic carbocycles. The zero-order chi connectivity index (χ0) is 12.0. The number of rotatable bonds is 4. The first-order valence-electron chi connectivity index (χ1n) is 4.49. The van der Waals surface area contributed by atoms with Crippen molar-refractivity contribution in [3.05, 3.63) is 29.3 Å². The molecule has 0 bridgehead atoms. The minimum Gasteiger partial charge on any atom is -0.504 e. The van der Waals surface area contributed by atoms with E-state index in [0.29, 0.717) is 16.5 Å². The molecule has 1 rings (SSSR count). The van der Waals surface area contributed by atoms with E-state index in [1.165, 1.54) is 24.9 Å². The van der Waals surface area contributed by atoms with Gasteiger partial charge >= 0.3 is 0 Å². The second kappa shape index (κ2) is 5.93. The molecule has 0 aromatic heterocycles. The fourth-order valence-corrected chi connectivity index (χ4v) is 1.51. The molecule has 84 valence electrons. The Hall–Kier alpha value is -1.80. The predicted octanol–water partition coefficient (Wildman–Crippen LogP) is 2.54. The highest BCUT2D eigenvalue weighted by molar-refractivity contribution is 8.02. The zero-order valence-corrected chi connectivity index (χ0v) is 9.84. The van der Waals surface area contributed by atoms with E-state index in [-0.39, 0.29) is 5.75 Å². The van der Waals surface area contributed by atoms with Crippen LogP contribution in [-0.2, 0) is 0 Å². The average molecular weight is 236 g/mol. The van der Waals surface area contributed by atoms with Gasteiger partial charge in [0.05, 0.1) is 18.2 Å². The van der Waals surface area contributed by atoms with E-state index < -0.39 is 0 Å². The maximum atomic E-state index is 9.55. The summed E-state index contributed by atoms with van der Waals surface area (Å²) < 4.78 is 4.93. The van der Waals surface area contributed by atoms with Crippen LogP contribution in [0.3, 0.4) is 0 Å². The first kappa shape index (κ1) is 12.3. The maximum Gasteiger partial charge on any atom is 0.160 e. The number of nitrogens with one attached hydrogen (secondary N) is 1. The molecular weight excluding hydrogens is 224 g/mol. The molecule has 0 aliphatic rings. The lowest BCUT2D eigenvalue weighted by Gasteiger charge is -2.09. The van der Waals surface area contributed by atoms with E-state index in [4.69, 9.17) is 10.00 Å². The van der Waals surface area contributed by atoms with Crippen LogP contribution in [0.1, 0.15) is 0 Å². The van der Waals surface area contributed by atoms with Crippen LogP contribution in [0, 0.1) is 11.3 Å². The molecule has 0 unspecified atom stereocenters. The quantitative estimate of drug-likeness (QED) is 0.786. The lowest BCUT2D eigenvalue weighted by atomic mass is 10.3. The lowest BCUT2D eigenvalue weighted by Crippen LogP contribution is -1.95. The predicted molar refractivity (Wildman–Crippen MR) is 65.5 cm³/mol. The van der Waals surface area contributed by atoms with Gasteiger partial charge in [0.1, 0.15) is 0 Å². The van der Waals surface area contributed by atoms with Crippen molar-refractivity contribution in [2.45, 2.75) is 0 Å². The molecule has 0 heterocycles. The highest BCUT2D eigenvalue weighted by Gasteiger charge is 2.03. The van der Waals surface area contributed by atoms with Crippen LogP contribution in [0.5, 0.6) is 11.5 Å². The van der Waals surface area contributed by atoms with E-state index in [0.717, 1.165) is 0 Å². The molecule has 1 aromatic rings. The van der Waals surface area contributed by atoms with Gasteiger partial charge in [0.15, 0.2) is 11.5 Å². The van der Waals surface area contributed by atoms with E-state index in [2.05, 4.69) is 5.32 Å². The van der Waals surface area contributed by atoms with Crippen LogP contribution in [0.15, 0.2) is 29.3 Å². The number of nitrogens with zero attached hydrogens (tertiary/aromatic N) is 1. The van der Waals surface area contributed by atoms with Crippen LogP contribution < -0.4 is 10.1 Å². The third-order valence-corrected chi connectivity index (χ3v) is 2.52. The van der Waals surface area contributed by atoms with Gasteiger partial charge in [0.2, 0.25) is 0 Å². The Morgan fingerprint density at radius 3 is 2.88 bits per heavy atom. The summed E-state index contributed by atoms with van der Waals surface area (Å²) in [6, 6.07) is 6.90. The topological polar surface area (TPSA) is 65.3 Å². The van der Waals surface area contributed by atoms with Crippen LogP contribution in [0.25, 0.3) is 0 Å². The van der Waals surface area contributed by atoms with Gasteiger partial charge in [-0.2, -0.15) is 5.26 Å². The van der Waals surface area contributed by atoms with Crippen molar-refractivity contribution >= 4 is 17.4 Å². The van der Waals surface area contributed by atoms with Gasteiger partial charge in [-0.3, -0.25) is 0 Å². The lowest BCUT2D eigenvalue weighted by molar-refractivity contribution is 0.373. The van der Waals surface area contributed by atoms with Gasteiger partial charge in [0, 0.05) is 17.8 Å². The number of methoxy groups -OCH3 is 1. The zero-order valence-electron chi connectivity index (χ0n) is 9.02. The largest absolute Gasteiger partial charge is 0.504 e. The third-order valence-electron chi connectivity index (χ3n) is 1.86. The standard InChI is InChI=1S/C11H12N2O2S/c1-15-10-4-3-8(7-9(10)14)13-11(16-2)5-6-12/h3-5,7,13-14H,1-2H3. The number of hydrogen-bond acceptors (Lipinski definition) is 5. The normalized spacial score (nSPS) is 10.7. The molecule has 4 nitrogen and oxygen atoms in total. The summed E-state index contributed by atoms with van der Waals surface area (Å²) in [4.78, 5) is 0. The van der Waals surface area contributed by atoms with Crippen LogP contribution in [0.4, 0.5) is 5.69 Å². The Morgan fingerprint density at radius 2 is 2.38 bits per heavy atom. The number of anilines is 1. The Labute approximate surface area is 98.5 Å². The SMILES string of the molecule is COc1ccc(NC(=CC#N)SC)cc1O. The Morgan fingerprint density at radius 1 is 1.62 bits per heavy atom. The smallest absolute Gasteiger partial charge is 0.160 e. The fourth-order valence-electron chi connectivity index (χ4n) is 1.11. The van der Waals surface area contributed by atoms with Gasteiger partial charge in [-0.05, 0) is 18.4 Å². The molecule has 5 heteroatoms. The highest BCUT2D eigenvalue weighted by Crippen LogP contribution is 2.29. The fraction of sp³-hybridized carbons (Fsp3) is 0.182. The van der Waals surface area contributed by atoms with Crippen molar-refractivity contribution in [1.29, 1.82) is 5.26 Å². The Kier molecular flexibility index (Phi) is 4.55. The van der Waals surface area contributed by atoms with Crippen molar-refractivity contribution < 1.29 is 9.84 Å². The number of phenolic OH excluding ortho intramolecular Hbond substituents is 1. The summed E-state index contributed by atoms with van der Waals surface area (Å²) in [5.74, 6) is 0.477. The molecule has 0 saturated carbocycles. The van der Waals surface area contributed by atoms with E-state index >= 15 is 0 Å². The first-order chi connectivity index (χ1) is 7.71. The van der Waals surface area contributed by atoms with Gasteiger partial charge in [-0.1, -0.05) is 0 Å². The van der Waals surface area contributed by atoms with Crippen molar-refractivity contribution in [3.63, 3.8) is 0 Å². The summed E-state index contributed by atoms with van der Waals surface area (Å²) in [6.07, 6.45) is 3.27. The molecule has 0 radical (unpaired) electrons. The molecule has 0 fully saturated rings. The molecule has 2 N–H and O–H groups in total. The summed E-state index contributed by atoms with van der Waals surface area (Å²) in [7, 11) is 1.49. The third kappa shape index (κ3) is 3.11. The molecule has 1 aromatic carbocycles. The molecule has 16 heavy (non-hydrogen) atoms. The minimum atomic E-state index is 0.0601. The molecular formula is C11H12N2O2S. The average Bonchev–Trinajstić information content (AvgIpc) is 2.28. The van der Waals surface area contributed by atoms with Crippen molar-refractivity contribution in [2.24, 2.45) is 0 Å². The molecule has 0 aliphatic heterocycles. The van der Waals surface area contributed by atoms with E-state index in [1.54, 1.807) is 18.2 Å². The van der Waals surface area contributed by atoms with Crippen molar-refractivity contribution in [2.75, 3.05) is 18.7 Å². The Bertz CT molecular complexity index is 438. The van der Waals surface area contributed by atoms with E-state index in [9.17, 15) is 5.11 Å². The van der Waals surface area contributed by atoms with Crippen LogP contribution >= 0.6 is 11.8 Å². The summed E-state index contributed by atoms with van der Waals surface area (Å²) in [5.41, 5.74) is 0.703. The monoisotopic (exact) mass is 236 g/mol. The molecule has 0 saturated heterocycles. The molecule has 0 atom stereocenters. The summed E-state index contributed by atoms with van der Waals surface area (Å²) in [6.45, 7) is 0. The number of nitriles is 1. The van der Waals surface area contributed by atoms with Crippen molar-refractivity contribution in [3.8, 4) is 17.6 Å². The number of benzene rings is 1. The van der Waals surface area contributed by atoms with Gasteiger partial charge in [-0.25, -0.2) is 0 Å². The first-order valence-corrected chi connectivity index (χ1v) is 5.71. The van der Waals surface area contributed by atoms with Crippen LogP contribution in [0.2, 0.25) is 0 Å². The number of aromatic hydroxyl groups is 1. The van der Waals surface area contributed by atoms with Gasteiger partial charge in [-0.15, -0.1) is 11.8 Å². The number of thioether (sulfide) groups is 1. The Balaban J connectivity index is 2.87. The number of phenols is 1. The summed E-state index contributed by atoms with van der Waals surface area (Å²) in [5, 5.41) is 21.8. The number of allylic oxidation sites excluding steroid dienone is 1. The highest BCUT2D eigenvalue weighted by atomic mass is 32.2. The second-order valence-corrected chi connectivity index (χ2v) is 3.70. The van der Waals surface area contributed by atoms with Gasteiger partial charge < -0.3 is 15.2 Å². The molecule has 0 spiro atoms. The number of ether oxygens (including phenoxy) is 1. The van der Waals surface area contributed by atoms with Gasteiger partial charge in [0.25, 0.3) is 0 Å². The van der Waals surface area contributed by atoms with Crippen LogP contribution in [-0.4, -0.2) is 18.5 Å². The van der Waals surface area contributed by atoms with Crippen molar-refractivity contribution in [1.82, 2.24) is 0 Å².